The van der Waals surface area contributed by atoms with Gasteiger partial charge in [0, 0.05) is 23.5 Å². The lowest BCUT2D eigenvalue weighted by Gasteiger charge is -2.10. The third-order valence-corrected chi connectivity index (χ3v) is 2.67. The molecule has 0 atom stereocenters. The number of nitro benzene ring substituents is 1. The van der Waals surface area contributed by atoms with E-state index in [1.165, 1.54) is 18.2 Å². The molecular formula is C13H11N3O3S. The Kier molecular flexibility index (Phi) is 4.11. The summed E-state index contributed by atoms with van der Waals surface area (Å²) in [5.41, 5.74) is 0.926. The molecule has 0 amide bonds. The number of anilines is 2. The molecular weight excluding hydrogens is 278 g/mol. The van der Waals surface area contributed by atoms with Crippen LogP contribution in [0.1, 0.15) is 0 Å². The predicted molar refractivity (Wildman–Crippen MR) is 81.0 cm³/mol. The van der Waals surface area contributed by atoms with Crippen molar-refractivity contribution in [2.24, 2.45) is 0 Å². The number of phenolic OH excluding ortho intramolecular Hbond substituents is 1. The number of thiocarbonyl (C=S) groups is 1. The molecule has 2 rings (SSSR count). The largest absolute Gasteiger partial charge is 0.502 e. The summed E-state index contributed by atoms with van der Waals surface area (Å²) in [4.78, 5) is 9.93. The third kappa shape index (κ3) is 3.42. The minimum Gasteiger partial charge on any atom is -0.502 e. The minimum absolute atomic E-state index is 0.324. The van der Waals surface area contributed by atoms with Crippen LogP contribution in [0.3, 0.4) is 0 Å². The lowest BCUT2D eigenvalue weighted by atomic mass is 10.2. The first kappa shape index (κ1) is 13.8. The van der Waals surface area contributed by atoms with Crippen molar-refractivity contribution in [2.45, 2.75) is 0 Å². The molecule has 2 aromatic carbocycles. The Bertz CT molecular complexity index is 647. The van der Waals surface area contributed by atoms with Gasteiger partial charge >= 0.3 is 5.69 Å². The van der Waals surface area contributed by atoms with Gasteiger partial charge in [-0.25, -0.2) is 0 Å². The van der Waals surface area contributed by atoms with Gasteiger partial charge in [-0.3, -0.25) is 10.1 Å². The Hall–Kier alpha value is -2.67. The second-order valence-corrected chi connectivity index (χ2v) is 4.31. The fourth-order valence-electron chi connectivity index (χ4n) is 1.57. The molecule has 6 nitrogen and oxygen atoms in total. The molecule has 0 unspecified atom stereocenters. The van der Waals surface area contributed by atoms with E-state index in [-0.39, 0.29) is 5.69 Å². The summed E-state index contributed by atoms with van der Waals surface area (Å²) in [6, 6.07) is 13.2. The van der Waals surface area contributed by atoms with E-state index in [0.29, 0.717) is 10.8 Å². The number of phenols is 1. The van der Waals surface area contributed by atoms with Crippen LogP contribution < -0.4 is 10.6 Å². The van der Waals surface area contributed by atoms with Crippen LogP contribution in [0, 0.1) is 10.1 Å². The smallest absolute Gasteiger partial charge is 0.310 e. The van der Waals surface area contributed by atoms with Crippen molar-refractivity contribution in [2.75, 3.05) is 10.6 Å². The highest BCUT2D eigenvalue weighted by Crippen LogP contribution is 2.28. The van der Waals surface area contributed by atoms with Crippen LogP contribution in [0.2, 0.25) is 0 Å². The number of rotatable bonds is 3. The van der Waals surface area contributed by atoms with Gasteiger partial charge in [-0.2, -0.15) is 0 Å². The van der Waals surface area contributed by atoms with Gasteiger partial charge in [0.1, 0.15) is 0 Å². The second-order valence-electron chi connectivity index (χ2n) is 3.91. The molecule has 0 saturated heterocycles. The standard InChI is InChI=1S/C13H11N3O3S/c17-12-8-10(6-7-11(12)16(18)19)15-13(20)14-9-4-2-1-3-5-9/h1-8,17H,(H2,14,15,20). The Balaban J connectivity index is 2.05. The van der Waals surface area contributed by atoms with Crippen LogP contribution in [0.15, 0.2) is 48.5 Å². The Morgan fingerprint density at radius 3 is 2.35 bits per heavy atom. The van der Waals surface area contributed by atoms with Crippen molar-refractivity contribution < 1.29 is 10.0 Å². The predicted octanol–water partition coefficient (Wildman–Crippen LogP) is 3.11. The lowest BCUT2D eigenvalue weighted by molar-refractivity contribution is -0.385. The van der Waals surface area contributed by atoms with Gasteiger partial charge in [0.15, 0.2) is 10.9 Å². The van der Waals surface area contributed by atoms with Gasteiger partial charge in [-0.1, -0.05) is 18.2 Å². The first-order chi connectivity index (χ1) is 9.56. The molecule has 0 radical (unpaired) electrons. The molecule has 0 aromatic heterocycles. The summed E-state index contributed by atoms with van der Waals surface area (Å²) in [5, 5.41) is 26.2. The number of hydrogen-bond acceptors (Lipinski definition) is 4. The molecule has 0 aliphatic heterocycles. The Morgan fingerprint density at radius 2 is 1.75 bits per heavy atom. The van der Waals surface area contributed by atoms with Crippen molar-refractivity contribution in [3.8, 4) is 5.75 Å². The average Bonchev–Trinajstić information content (AvgIpc) is 2.39. The fourth-order valence-corrected chi connectivity index (χ4v) is 1.81. The third-order valence-electron chi connectivity index (χ3n) is 2.46. The molecule has 0 heterocycles. The quantitative estimate of drug-likeness (QED) is 0.457. The van der Waals surface area contributed by atoms with E-state index in [1.54, 1.807) is 0 Å². The normalized spacial score (nSPS) is 9.80. The van der Waals surface area contributed by atoms with E-state index in [2.05, 4.69) is 10.6 Å². The SMILES string of the molecule is O=[N+]([O-])c1ccc(NC(=S)Nc2ccccc2)cc1O. The maximum absolute atomic E-state index is 10.6. The van der Waals surface area contributed by atoms with Gasteiger partial charge < -0.3 is 15.7 Å². The van der Waals surface area contributed by atoms with Crippen molar-refractivity contribution in [1.82, 2.24) is 0 Å². The molecule has 2 aromatic rings. The second kappa shape index (κ2) is 5.98. The first-order valence-electron chi connectivity index (χ1n) is 5.67. The topological polar surface area (TPSA) is 87.4 Å². The number of nitro groups is 1. The summed E-state index contributed by atoms with van der Waals surface area (Å²) in [5.74, 6) is -0.414. The zero-order chi connectivity index (χ0) is 14.5. The summed E-state index contributed by atoms with van der Waals surface area (Å²) in [6.07, 6.45) is 0. The Labute approximate surface area is 120 Å². The molecule has 0 aliphatic rings. The Morgan fingerprint density at radius 1 is 1.10 bits per heavy atom. The van der Waals surface area contributed by atoms with Gasteiger partial charge in [0.25, 0.3) is 0 Å². The molecule has 0 fully saturated rings. The zero-order valence-corrected chi connectivity index (χ0v) is 11.1. The number of hydrogen-bond donors (Lipinski definition) is 3. The minimum atomic E-state index is -0.653. The van der Waals surface area contributed by atoms with Gasteiger partial charge in [-0.05, 0) is 30.4 Å². The maximum atomic E-state index is 10.6. The van der Waals surface area contributed by atoms with Crippen LogP contribution in [-0.4, -0.2) is 15.1 Å². The molecule has 102 valence electrons. The van der Waals surface area contributed by atoms with Crippen LogP contribution in [-0.2, 0) is 0 Å². The van der Waals surface area contributed by atoms with E-state index in [0.717, 1.165) is 5.69 Å². The van der Waals surface area contributed by atoms with Gasteiger partial charge in [0.2, 0.25) is 0 Å². The summed E-state index contributed by atoms with van der Waals surface area (Å²) < 4.78 is 0. The summed E-state index contributed by atoms with van der Waals surface area (Å²) in [6.45, 7) is 0. The number of nitrogens with zero attached hydrogens (tertiary/aromatic N) is 1. The molecule has 0 bridgehead atoms. The van der Waals surface area contributed by atoms with E-state index in [4.69, 9.17) is 12.2 Å². The monoisotopic (exact) mass is 289 g/mol. The van der Waals surface area contributed by atoms with Crippen LogP contribution in [0.5, 0.6) is 5.75 Å². The molecule has 0 spiro atoms. The zero-order valence-electron chi connectivity index (χ0n) is 10.2. The molecule has 7 heteroatoms. The van der Waals surface area contributed by atoms with Crippen molar-refractivity contribution in [3.05, 3.63) is 58.6 Å². The average molecular weight is 289 g/mol. The van der Waals surface area contributed by atoms with Crippen LogP contribution in [0.25, 0.3) is 0 Å². The maximum Gasteiger partial charge on any atom is 0.310 e. The molecule has 20 heavy (non-hydrogen) atoms. The van der Waals surface area contributed by atoms with Gasteiger partial charge in [0.05, 0.1) is 4.92 Å². The number of nitrogens with one attached hydrogen (secondary N) is 2. The molecule has 0 aliphatic carbocycles. The number of benzene rings is 2. The van der Waals surface area contributed by atoms with E-state index < -0.39 is 10.7 Å². The van der Waals surface area contributed by atoms with Crippen LogP contribution in [0.4, 0.5) is 17.1 Å². The van der Waals surface area contributed by atoms with E-state index in [1.807, 2.05) is 30.3 Å². The summed E-state index contributed by atoms with van der Waals surface area (Å²) >= 11 is 5.11. The molecule has 0 saturated carbocycles. The van der Waals surface area contributed by atoms with E-state index >= 15 is 0 Å². The highest BCUT2D eigenvalue weighted by Gasteiger charge is 2.13. The number of aromatic hydroxyl groups is 1. The molecule has 3 N–H and O–H groups in total. The van der Waals surface area contributed by atoms with Crippen LogP contribution >= 0.6 is 12.2 Å². The highest BCUT2D eigenvalue weighted by molar-refractivity contribution is 7.80. The number of para-hydroxylation sites is 1. The summed E-state index contributed by atoms with van der Waals surface area (Å²) in [7, 11) is 0. The van der Waals surface area contributed by atoms with E-state index in [9.17, 15) is 15.2 Å². The van der Waals surface area contributed by atoms with Crippen molar-refractivity contribution in [3.63, 3.8) is 0 Å². The first-order valence-corrected chi connectivity index (χ1v) is 6.07. The lowest BCUT2D eigenvalue weighted by Crippen LogP contribution is -2.18. The van der Waals surface area contributed by atoms with Crippen molar-refractivity contribution in [1.29, 1.82) is 0 Å². The fraction of sp³-hybridized carbons (Fsp3) is 0. The highest BCUT2D eigenvalue weighted by atomic mass is 32.1. The van der Waals surface area contributed by atoms with Crippen molar-refractivity contribution >= 4 is 34.4 Å². The van der Waals surface area contributed by atoms with Gasteiger partial charge in [-0.15, -0.1) is 0 Å².